The number of anilines is 1. The van der Waals surface area contributed by atoms with Gasteiger partial charge in [-0.15, -0.1) is 0 Å². The molecular weight excluding hydrogens is 354 g/mol. The Kier molecular flexibility index (Phi) is 6.46. The van der Waals surface area contributed by atoms with Gasteiger partial charge in [0.2, 0.25) is 0 Å². The lowest BCUT2D eigenvalue weighted by Gasteiger charge is -2.17. The number of methoxy groups -OCH3 is 1. The molecule has 0 saturated carbocycles. The molecule has 2 N–H and O–H groups in total. The van der Waals surface area contributed by atoms with Crippen LogP contribution in [-0.4, -0.2) is 38.0 Å². The Hall–Kier alpha value is -2.73. The lowest BCUT2D eigenvalue weighted by Crippen LogP contribution is -2.31. The third-order valence-electron chi connectivity index (χ3n) is 3.82. The maximum atomic E-state index is 12.3. The molecule has 0 bridgehead atoms. The number of benzene rings is 2. The maximum absolute atomic E-state index is 12.3. The lowest BCUT2D eigenvalue weighted by atomic mass is 10.1. The molecule has 0 aliphatic heterocycles. The summed E-state index contributed by atoms with van der Waals surface area (Å²) in [6.07, 6.45) is 0. The fourth-order valence-electron chi connectivity index (χ4n) is 2.39. The monoisotopic (exact) mass is 375 g/mol. The van der Waals surface area contributed by atoms with Crippen LogP contribution in [0.25, 0.3) is 0 Å². The Morgan fingerprint density at radius 2 is 1.77 bits per heavy atom. The van der Waals surface area contributed by atoms with Gasteiger partial charge in [0, 0.05) is 24.7 Å². The van der Waals surface area contributed by atoms with Crippen LogP contribution in [0.4, 0.5) is 10.5 Å². The quantitative estimate of drug-likeness (QED) is 0.831. The van der Waals surface area contributed by atoms with Crippen LogP contribution in [0.1, 0.15) is 28.9 Å². The number of carbonyl (C=O) groups is 2. The largest absolute Gasteiger partial charge is 0.495 e. The van der Waals surface area contributed by atoms with Gasteiger partial charge in [-0.3, -0.25) is 4.79 Å². The van der Waals surface area contributed by atoms with Crippen molar-refractivity contribution in [3.63, 3.8) is 0 Å². The van der Waals surface area contributed by atoms with E-state index in [0.29, 0.717) is 22.0 Å². The van der Waals surface area contributed by atoms with E-state index >= 15 is 0 Å². The van der Waals surface area contributed by atoms with Crippen molar-refractivity contribution in [1.82, 2.24) is 10.2 Å². The molecular formula is C19H22ClN3O3. The van der Waals surface area contributed by atoms with Crippen molar-refractivity contribution in [2.24, 2.45) is 0 Å². The highest BCUT2D eigenvalue weighted by atomic mass is 35.5. The second-order valence-corrected chi connectivity index (χ2v) is 6.42. The first-order valence-electron chi connectivity index (χ1n) is 8.04. The standard InChI is InChI=1S/C19H22ClN3O3/c1-12(13-5-8-15(20)9-6-13)21-19(25)22-16-11-14(18(24)23(2)3)7-10-17(16)26-4/h5-12H,1-4H3,(H2,21,22,25). The molecule has 26 heavy (non-hydrogen) atoms. The number of urea groups is 1. The summed E-state index contributed by atoms with van der Waals surface area (Å²) in [7, 11) is 4.84. The summed E-state index contributed by atoms with van der Waals surface area (Å²) >= 11 is 5.88. The van der Waals surface area contributed by atoms with Crippen molar-refractivity contribution >= 4 is 29.2 Å². The summed E-state index contributed by atoms with van der Waals surface area (Å²) in [5.41, 5.74) is 1.80. The van der Waals surface area contributed by atoms with Crippen molar-refractivity contribution in [2.75, 3.05) is 26.5 Å². The highest BCUT2D eigenvalue weighted by molar-refractivity contribution is 6.30. The molecule has 1 atom stereocenters. The number of halogens is 1. The van der Waals surface area contributed by atoms with Crippen LogP contribution < -0.4 is 15.4 Å². The van der Waals surface area contributed by atoms with Crippen molar-refractivity contribution < 1.29 is 14.3 Å². The zero-order valence-electron chi connectivity index (χ0n) is 15.2. The molecule has 0 aliphatic rings. The minimum atomic E-state index is -0.403. The highest BCUT2D eigenvalue weighted by Crippen LogP contribution is 2.26. The Bertz CT molecular complexity index is 791. The van der Waals surface area contributed by atoms with Crippen LogP contribution >= 0.6 is 11.6 Å². The van der Waals surface area contributed by atoms with E-state index < -0.39 is 6.03 Å². The lowest BCUT2D eigenvalue weighted by molar-refractivity contribution is 0.0827. The molecule has 0 radical (unpaired) electrons. The van der Waals surface area contributed by atoms with Crippen molar-refractivity contribution in [2.45, 2.75) is 13.0 Å². The maximum Gasteiger partial charge on any atom is 0.319 e. The van der Waals surface area contributed by atoms with Crippen LogP contribution in [0.15, 0.2) is 42.5 Å². The Labute approximate surface area is 158 Å². The number of hydrogen-bond donors (Lipinski definition) is 2. The molecule has 0 aliphatic carbocycles. The zero-order valence-corrected chi connectivity index (χ0v) is 15.9. The predicted molar refractivity (Wildman–Crippen MR) is 103 cm³/mol. The second-order valence-electron chi connectivity index (χ2n) is 5.99. The van der Waals surface area contributed by atoms with E-state index in [9.17, 15) is 9.59 Å². The summed E-state index contributed by atoms with van der Waals surface area (Å²) in [5, 5.41) is 6.22. The van der Waals surface area contributed by atoms with Gasteiger partial charge in [0.05, 0.1) is 18.8 Å². The molecule has 0 heterocycles. The number of amides is 3. The van der Waals surface area contributed by atoms with Gasteiger partial charge in [0.25, 0.3) is 5.91 Å². The van der Waals surface area contributed by atoms with Gasteiger partial charge in [-0.2, -0.15) is 0 Å². The second kappa shape index (κ2) is 8.58. The number of rotatable bonds is 5. The molecule has 6 nitrogen and oxygen atoms in total. The molecule has 0 spiro atoms. The van der Waals surface area contributed by atoms with Gasteiger partial charge < -0.3 is 20.3 Å². The summed E-state index contributed by atoms with van der Waals surface area (Å²) in [6.45, 7) is 1.87. The van der Waals surface area contributed by atoms with Crippen molar-refractivity contribution in [3.8, 4) is 5.75 Å². The first-order valence-corrected chi connectivity index (χ1v) is 8.42. The first kappa shape index (κ1) is 19.6. The van der Waals surface area contributed by atoms with Crippen molar-refractivity contribution in [3.05, 3.63) is 58.6 Å². The van der Waals surface area contributed by atoms with E-state index in [1.165, 1.54) is 12.0 Å². The molecule has 0 fully saturated rings. The smallest absolute Gasteiger partial charge is 0.319 e. The van der Waals surface area contributed by atoms with Gasteiger partial charge in [0.15, 0.2) is 0 Å². The number of nitrogens with one attached hydrogen (secondary N) is 2. The molecule has 138 valence electrons. The SMILES string of the molecule is COc1ccc(C(=O)N(C)C)cc1NC(=O)NC(C)c1ccc(Cl)cc1. The van der Waals surface area contributed by atoms with Gasteiger partial charge in [0.1, 0.15) is 5.75 Å². The third kappa shape index (κ3) is 4.89. The number of ether oxygens (including phenoxy) is 1. The van der Waals surface area contributed by atoms with Gasteiger partial charge in [-0.05, 0) is 42.8 Å². The minimum Gasteiger partial charge on any atom is -0.495 e. The van der Waals surface area contributed by atoms with E-state index in [0.717, 1.165) is 5.56 Å². The third-order valence-corrected chi connectivity index (χ3v) is 4.07. The highest BCUT2D eigenvalue weighted by Gasteiger charge is 2.15. The van der Waals surface area contributed by atoms with E-state index in [1.807, 2.05) is 19.1 Å². The summed E-state index contributed by atoms with van der Waals surface area (Å²) < 4.78 is 5.26. The van der Waals surface area contributed by atoms with Gasteiger partial charge in [-0.25, -0.2) is 4.79 Å². The van der Waals surface area contributed by atoms with E-state index in [2.05, 4.69) is 10.6 Å². The molecule has 7 heteroatoms. The Morgan fingerprint density at radius 1 is 1.12 bits per heavy atom. The van der Waals surface area contributed by atoms with Crippen LogP contribution in [0, 0.1) is 0 Å². The van der Waals surface area contributed by atoms with Gasteiger partial charge in [-0.1, -0.05) is 23.7 Å². The first-order chi connectivity index (χ1) is 12.3. The molecule has 2 rings (SSSR count). The van der Waals surface area contributed by atoms with Crippen LogP contribution in [-0.2, 0) is 0 Å². The normalized spacial score (nSPS) is 11.4. The number of carbonyl (C=O) groups excluding carboxylic acids is 2. The predicted octanol–water partition coefficient (Wildman–Crippen LogP) is 3.93. The summed E-state index contributed by atoms with van der Waals surface area (Å²) in [4.78, 5) is 25.9. The minimum absolute atomic E-state index is 0.161. The van der Waals surface area contributed by atoms with Crippen LogP contribution in [0.2, 0.25) is 5.02 Å². The van der Waals surface area contributed by atoms with Crippen molar-refractivity contribution in [1.29, 1.82) is 0 Å². The summed E-state index contributed by atoms with van der Waals surface area (Å²) in [6, 6.07) is 11.5. The molecule has 0 saturated heterocycles. The summed E-state index contributed by atoms with van der Waals surface area (Å²) in [5.74, 6) is 0.306. The molecule has 0 aromatic heterocycles. The van der Waals surface area contributed by atoms with E-state index in [4.69, 9.17) is 16.3 Å². The molecule has 1 unspecified atom stereocenters. The number of hydrogen-bond acceptors (Lipinski definition) is 3. The van der Waals surface area contributed by atoms with Crippen LogP contribution in [0.5, 0.6) is 5.75 Å². The topological polar surface area (TPSA) is 70.7 Å². The molecule has 2 aromatic carbocycles. The Morgan fingerprint density at radius 3 is 2.35 bits per heavy atom. The zero-order chi connectivity index (χ0) is 19.3. The molecule has 3 amide bonds. The number of nitrogens with zero attached hydrogens (tertiary/aromatic N) is 1. The van der Waals surface area contributed by atoms with E-state index in [1.54, 1.807) is 44.4 Å². The molecule has 2 aromatic rings. The van der Waals surface area contributed by atoms with Gasteiger partial charge >= 0.3 is 6.03 Å². The van der Waals surface area contributed by atoms with E-state index in [-0.39, 0.29) is 11.9 Å². The fourth-order valence-corrected chi connectivity index (χ4v) is 2.51. The average Bonchev–Trinajstić information content (AvgIpc) is 2.61. The fraction of sp³-hybridized carbons (Fsp3) is 0.263. The average molecular weight is 376 g/mol. The Balaban J connectivity index is 2.13. The van der Waals surface area contributed by atoms with Crippen LogP contribution in [0.3, 0.4) is 0 Å².